The van der Waals surface area contributed by atoms with Crippen LogP contribution < -0.4 is 5.32 Å². The van der Waals surface area contributed by atoms with Crippen molar-refractivity contribution in [2.75, 3.05) is 19.8 Å². The first kappa shape index (κ1) is 11.7. The van der Waals surface area contributed by atoms with Crippen LogP contribution in [0.15, 0.2) is 0 Å². The molecule has 14 heavy (non-hydrogen) atoms. The van der Waals surface area contributed by atoms with E-state index >= 15 is 0 Å². The van der Waals surface area contributed by atoms with Crippen LogP contribution >= 0.6 is 0 Å². The van der Waals surface area contributed by atoms with Gasteiger partial charge in [-0.25, -0.2) is 0 Å². The molecule has 2 N–H and O–H groups in total. The van der Waals surface area contributed by atoms with Crippen molar-refractivity contribution in [2.45, 2.75) is 31.2 Å². The zero-order chi connectivity index (χ0) is 10.6. The number of nitrogens with one attached hydrogen (secondary N) is 1. The summed E-state index contributed by atoms with van der Waals surface area (Å²) in [7, 11) is 0. The van der Waals surface area contributed by atoms with Gasteiger partial charge in [-0.05, 0) is 19.4 Å². The van der Waals surface area contributed by atoms with Crippen LogP contribution in [0.3, 0.4) is 0 Å². The quantitative estimate of drug-likeness (QED) is 0.721. The molecule has 0 radical (unpaired) electrons. The third-order valence-electron chi connectivity index (χ3n) is 2.13. The van der Waals surface area contributed by atoms with Crippen molar-refractivity contribution in [2.24, 2.45) is 0 Å². The topological polar surface area (TPSA) is 41.5 Å². The lowest BCUT2D eigenvalue weighted by atomic mass is 10.2. The third-order valence-corrected chi connectivity index (χ3v) is 2.13. The molecule has 3 nitrogen and oxygen atoms in total. The molecule has 2 atom stereocenters. The maximum atomic E-state index is 11.8. The van der Waals surface area contributed by atoms with E-state index in [0.29, 0.717) is 0 Å². The third kappa shape index (κ3) is 3.81. The van der Waals surface area contributed by atoms with Crippen LogP contribution in [0.1, 0.15) is 12.8 Å². The molecule has 84 valence electrons. The standard InChI is InChI=1S/C8H14F3NO2/c9-8(10,11)7(13)5-14-4-6-2-1-3-12-6/h6-7,12-13H,1-5H2. The Labute approximate surface area is 80.2 Å². The Morgan fingerprint density at radius 2 is 2.21 bits per heavy atom. The van der Waals surface area contributed by atoms with Gasteiger partial charge in [0.1, 0.15) is 0 Å². The fourth-order valence-corrected chi connectivity index (χ4v) is 1.32. The van der Waals surface area contributed by atoms with Crippen LogP contribution in [0.25, 0.3) is 0 Å². The second kappa shape index (κ2) is 4.95. The Balaban J connectivity index is 2.08. The minimum atomic E-state index is -4.58. The lowest BCUT2D eigenvalue weighted by Crippen LogP contribution is -2.35. The highest BCUT2D eigenvalue weighted by Gasteiger charge is 2.38. The summed E-state index contributed by atoms with van der Waals surface area (Å²) in [6.45, 7) is 0.435. The van der Waals surface area contributed by atoms with Crippen molar-refractivity contribution in [1.82, 2.24) is 5.32 Å². The first-order valence-corrected chi connectivity index (χ1v) is 4.56. The fourth-order valence-electron chi connectivity index (χ4n) is 1.32. The number of rotatable bonds is 4. The van der Waals surface area contributed by atoms with Gasteiger partial charge in [0.05, 0.1) is 13.2 Å². The van der Waals surface area contributed by atoms with Crippen molar-refractivity contribution < 1.29 is 23.0 Å². The number of halogens is 3. The maximum Gasteiger partial charge on any atom is 0.416 e. The molecule has 0 aromatic rings. The molecule has 1 fully saturated rings. The second-order valence-corrected chi connectivity index (χ2v) is 3.39. The lowest BCUT2D eigenvalue weighted by Gasteiger charge is -2.16. The van der Waals surface area contributed by atoms with Crippen LogP contribution in [-0.4, -0.2) is 43.2 Å². The number of aliphatic hydroxyl groups excluding tert-OH is 1. The van der Waals surface area contributed by atoms with Crippen LogP contribution in [0.4, 0.5) is 13.2 Å². The average Bonchev–Trinajstić information content (AvgIpc) is 2.55. The van der Waals surface area contributed by atoms with E-state index in [1.165, 1.54) is 0 Å². The molecule has 1 rings (SSSR count). The highest BCUT2D eigenvalue weighted by Crippen LogP contribution is 2.20. The molecule has 1 aliphatic rings. The monoisotopic (exact) mass is 213 g/mol. The highest BCUT2D eigenvalue weighted by atomic mass is 19.4. The Bertz CT molecular complexity index is 168. The summed E-state index contributed by atoms with van der Waals surface area (Å²) in [5, 5.41) is 11.7. The van der Waals surface area contributed by atoms with E-state index in [2.05, 4.69) is 5.32 Å². The van der Waals surface area contributed by atoms with Crippen molar-refractivity contribution in [3.8, 4) is 0 Å². The Hall–Kier alpha value is -0.330. The van der Waals surface area contributed by atoms with Gasteiger partial charge in [-0.2, -0.15) is 13.2 Å². The highest BCUT2D eigenvalue weighted by molar-refractivity contribution is 4.74. The van der Waals surface area contributed by atoms with Crippen LogP contribution in [0.2, 0.25) is 0 Å². The molecule has 2 unspecified atom stereocenters. The minimum Gasteiger partial charge on any atom is -0.382 e. The molecule has 1 saturated heterocycles. The first-order valence-electron chi connectivity index (χ1n) is 4.56. The summed E-state index contributed by atoms with van der Waals surface area (Å²) in [5.41, 5.74) is 0. The number of alkyl halides is 3. The molecular weight excluding hydrogens is 199 g/mol. The Kier molecular flexibility index (Phi) is 4.15. The van der Waals surface area contributed by atoms with Crippen LogP contribution in [0.5, 0.6) is 0 Å². The van der Waals surface area contributed by atoms with Crippen LogP contribution in [0, 0.1) is 0 Å². The largest absolute Gasteiger partial charge is 0.416 e. The second-order valence-electron chi connectivity index (χ2n) is 3.39. The van der Waals surface area contributed by atoms with E-state index in [9.17, 15) is 13.2 Å². The zero-order valence-electron chi connectivity index (χ0n) is 7.68. The molecule has 0 amide bonds. The Morgan fingerprint density at radius 1 is 1.50 bits per heavy atom. The van der Waals surface area contributed by atoms with Gasteiger partial charge in [-0.1, -0.05) is 0 Å². The van der Waals surface area contributed by atoms with E-state index in [1.807, 2.05) is 0 Å². The van der Waals surface area contributed by atoms with Gasteiger partial charge in [0.2, 0.25) is 0 Å². The zero-order valence-corrected chi connectivity index (χ0v) is 7.68. The molecule has 0 aromatic heterocycles. The first-order chi connectivity index (χ1) is 6.50. The predicted octanol–water partition coefficient (Wildman–Crippen LogP) is 0.678. The fraction of sp³-hybridized carbons (Fsp3) is 1.00. The average molecular weight is 213 g/mol. The maximum absolute atomic E-state index is 11.8. The summed E-state index contributed by atoms with van der Waals surface area (Å²) in [5.74, 6) is 0. The molecule has 6 heteroatoms. The molecule has 0 spiro atoms. The normalized spacial score (nSPS) is 25.3. The van der Waals surface area contributed by atoms with E-state index in [1.54, 1.807) is 0 Å². The molecule has 1 heterocycles. The smallest absolute Gasteiger partial charge is 0.382 e. The molecule has 0 saturated carbocycles. The number of hydrogen-bond acceptors (Lipinski definition) is 3. The van der Waals surface area contributed by atoms with Crippen molar-refractivity contribution in [3.05, 3.63) is 0 Å². The van der Waals surface area contributed by atoms with Gasteiger partial charge in [0, 0.05) is 6.04 Å². The molecule has 0 aromatic carbocycles. The van der Waals surface area contributed by atoms with Crippen LogP contribution in [-0.2, 0) is 4.74 Å². The minimum absolute atomic E-state index is 0.135. The molecular formula is C8H14F3NO2. The summed E-state index contributed by atoms with van der Waals surface area (Å²) in [6, 6.07) is 0.135. The van der Waals surface area contributed by atoms with Crippen molar-refractivity contribution in [1.29, 1.82) is 0 Å². The molecule has 0 bridgehead atoms. The predicted molar refractivity (Wildman–Crippen MR) is 43.9 cm³/mol. The summed E-state index contributed by atoms with van der Waals surface area (Å²) in [4.78, 5) is 0. The van der Waals surface area contributed by atoms with Gasteiger partial charge >= 0.3 is 6.18 Å². The van der Waals surface area contributed by atoms with Crippen molar-refractivity contribution in [3.63, 3.8) is 0 Å². The van der Waals surface area contributed by atoms with E-state index in [4.69, 9.17) is 9.84 Å². The van der Waals surface area contributed by atoms with E-state index < -0.39 is 18.9 Å². The van der Waals surface area contributed by atoms with Gasteiger partial charge < -0.3 is 15.2 Å². The van der Waals surface area contributed by atoms with Gasteiger partial charge in [-0.3, -0.25) is 0 Å². The van der Waals surface area contributed by atoms with E-state index in [0.717, 1.165) is 19.4 Å². The summed E-state index contributed by atoms with van der Waals surface area (Å²) < 4.78 is 40.2. The number of hydrogen-bond donors (Lipinski definition) is 2. The van der Waals surface area contributed by atoms with Gasteiger partial charge in [0.25, 0.3) is 0 Å². The summed E-state index contributed by atoms with van der Waals surface area (Å²) in [6.07, 6.45) is -5.01. The number of ether oxygens (including phenoxy) is 1. The van der Waals surface area contributed by atoms with Gasteiger partial charge in [0.15, 0.2) is 6.10 Å². The Morgan fingerprint density at radius 3 is 2.71 bits per heavy atom. The van der Waals surface area contributed by atoms with Gasteiger partial charge in [-0.15, -0.1) is 0 Å². The van der Waals surface area contributed by atoms with E-state index in [-0.39, 0.29) is 12.6 Å². The van der Waals surface area contributed by atoms with Crippen molar-refractivity contribution >= 4 is 0 Å². The lowest BCUT2D eigenvalue weighted by molar-refractivity contribution is -0.217. The summed E-state index contributed by atoms with van der Waals surface area (Å²) >= 11 is 0. The number of aliphatic hydroxyl groups is 1. The molecule has 1 aliphatic heterocycles. The molecule has 0 aliphatic carbocycles. The SMILES string of the molecule is OC(COCC1CCCN1)C(F)(F)F.